The van der Waals surface area contributed by atoms with Crippen molar-refractivity contribution in [1.29, 1.82) is 0 Å². The largest absolute Gasteiger partial charge is 0.480 e. The number of carboxylic acid groups (broad SMARTS) is 1. The molecule has 0 heterocycles. The third-order valence-electron chi connectivity index (χ3n) is 1.89. The molecular formula is C9H19NO2S. The van der Waals surface area contributed by atoms with Crippen molar-refractivity contribution in [3.63, 3.8) is 0 Å². The lowest BCUT2D eigenvalue weighted by Crippen LogP contribution is -2.37. The molecule has 2 N–H and O–H groups in total. The Labute approximate surface area is 85.3 Å². The standard InChI is InChI=1S/C9H19NO2S/c1-2-3-4-6-10-8(5-7-13)9(11)12/h8,10,13H,2-7H2,1H3,(H,11,12)/t8-/m1/s1. The third-order valence-corrected chi connectivity index (χ3v) is 2.15. The van der Waals surface area contributed by atoms with E-state index in [1.165, 1.54) is 0 Å². The highest BCUT2D eigenvalue weighted by Gasteiger charge is 2.14. The second kappa shape index (κ2) is 8.38. The van der Waals surface area contributed by atoms with Crippen LogP contribution < -0.4 is 5.32 Å². The van der Waals surface area contributed by atoms with Gasteiger partial charge in [0.15, 0.2) is 0 Å². The summed E-state index contributed by atoms with van der Waals surface area (Å²) in [5.41, 5.74) is 0. The fourth-order valence-electron chi connectivity index (χ4n) is 1.09. The van der Waals surface area contributed by atoms with Crippen LogP contribution in [0.1, 0.15) is 32.6 Å². The molecule has 0 bridgehead atoms. The van der Waals surface area contributed by atoms with Gasteiger partial charge in [-0.3, -0.25) is 4.79 Å². The van der Waals surface area contributed by atoms with E-state index in [9.17, 15) is 4.79 Å². The molecule has 0 spiro atoms. The summed E-state index contributed by atoms with van der Waals surface area (Å²) < 4.78 is 0. The second-order valence-corrected chi connectivity index (χ2v) is 3.51. The molecule has 3 nitrogen and oxygen atoms in total. The number of hydrogen-bond acceptors (Lipinski definition) is 3. The van der Waals surface area contributed by atoms with Crippen LogP contribution in [0.5, 0.6) is 0 Å². The SMILES string of the molecule is CCCCCN[C@H](CCS)C(=O)O. The number of carbonyl (C=O) groups is 1. The van der Waals surface area contributed by atoms with Crippen LogP contribution in [-0.4, -0.2) is 29.4 Å². The molecule has 0 amide bonds. The molecule has 0 aromatic carbocycles. The summed E-state index contributed by atoms with van der Waals surface area (Å²) in [5.74, 6) is -0.164. The smallest absolute Gasteiger partial charge is 0.320 e. The first kappa shape index (κ1) is 12.8. The normalized spacial score (nSPS) is 12.8. The lowest BCUT2D eigenvalue weighted by molar-refractivity contribution is -0.139. The van der Waals surface area contributed by atoms with Gasteiger partial charge >= 0.3 is 5.97 Å². The predicted octanol–water partition coefficient (Wildman–Crippen LogP) is 1.54. The summed E-state index contributed by atoms with van der Waals surface area (Å²) in [6.07, 6.45) is 3.95. The first-order valence-corrected chi connectivity index (χ1v) is 5.42. The predicted molar refractivity (Wildman–Crippen MR) is 57.4 cm³/mol. The van der Waals surface area contributed by atoms with Crippen LogP contribution >= 0.6 is 12.6 Å². The maximum absolute atomic E-state index is 10.7. The average molecular weight is 205 g/mol. The van der Waals surface area contributed by atoms with Crippen LogP contribution in [0.15, 0.2) is 0 Å². The van der Waals surface area contributed by atoms with Crippen molar-refractivity contribution in [3.05, 3.63) is 0 Å². The van der Waals surface area contributed by atoms with Gasteiger partial charge in [-0.1, -0.05) is 19.8 Å². The molecule has 0 rings (SSSR count). The van der Waals surface area contributed by atoms with Crippen LogP contribution in [0.4, 0.5) is 0 Å². The first-order chi connectivity index (χ1) is 6.22. The molecule has 0 saturated heterocycles. The maximum atomic E-state index is 10.7. The number of carboxylic acids is 1. The molecule has 0 unspecified atom stereocenters. The van der Waals surface area contributed by atoms with Crippen molar-refractivity contribution in [2.45, 2.75) is 38.6 Å². The van der Waals surface area contributed by atoms with E-state index >= 15 is 0 Å². The molecule has 0 aliphatic carbocycles. The van der Waals surface area contributed by atoms with Gasteiger partial charge in [0.25, 0.3) is 0 Å². The summed E-state index contributed by atoms with van der Waals surface area (Å²) in [6, 6.07) is -0.422. The van der Waals surface area contributed by atoms with Gasteiger partial charge < -0.3 is 10.4 Å². The number of nitrogens with one attached hydrogen (secondary N) is 1. The Hall–Kier alpha value is -0.220. The maximum Gasteiger partial charge on any atom is 0.320 e. The van der Waals surface area contributed by atoms with Gasteiger partial charge in [0.2, 0.25) is 0 Å². The fourth-order valence-corrected chi connectivity index (χ4v) is 1.35. The lowest BCUT2D eigenvalue weighted by Gasteiger charge is -2.12. The first-order valence-electron chi connectivity index (χ1n) is 4.79. The Morgan fingerprint density at radius 2 is 2.23 bits per heavy atom. The minimum absolute atomic E-state index is 0.422. The van der Waals surface area contributed by atoms with E-state index in [4.69, 9.17) is 5.11 Å². The number of hydrogen-bond donors (Lipinski definition) is 3. The summed E-state index contributed by atoms with van der Waals surface area (Å²) >= 11 is 4.01. The number of unbranched alkanes of at least 4 members (excludes halogenated alkanes) is 2. The van der Waals surface area contributed by atoms with Gasteiger partial charge in [0, 0.05) is 0 Å². The van der Waals surface area contributed by atoms with E-state index in [0.29, 0.717) is 12.2 Å². The molecule has 0 radical (unpaired) electrons. The Kier molecular flexibility index (Phi) is 8.24. The molecule has 0 aromatic rings. The van der Waals surface area contributed by atoms with Crippen LogP contribution in [0, 0.1) is 0 Å². The molecule has 4 heteroatoms. The van der Waals surface area contributed by atoms with Crippen molar-refractivity contribution in [3.8, 4) is 0 Å². The lowest BCUT2D eigenvalue weighted by atomic mass is 10.2. The zero-order chi connectivity index (χ0) is 10.1. The van der Waals surface area contributed by atoms with E-state index in [-0.39, 0.29) is 0 Å². The van der Waals surface area contributed by atoms with E-state index < -0.39 is 12.0 Å². The van der Waals surface area contributed by atoms with Crippen LogP contribution in [-0.2, 0) is 4.79 Å². The van der Waals surface area contributed by atoms with Crippen molar-refractivity contribution < 1.29 is 9.90 Å². The van der Waals surface area contributed by atoms with Gasteiger partial charge in [-0.2, -0.15) is 12.6 Å². The molecular weight excluding hydrogens is 186 g/mol. The highest BCUT2D eigenvalue weighted by Crippen LogP contribution is 1.97. The highest BCUT2D eigenvalue weighted by atomic mass is 32.1. The Morgan fingerprint density at radius 1 is 1.54 bits per heavy atom. The molecule has 1 atom stereocenters. The minimum atomic E-state index is -0.773. The van der Waals surface area contributed by atoms with Crippen LogP contribution in [0.3, 0.4) is 0 Å². The van der Waals surface area contributed by atoms with Crippen molar-refractivity contribution in [2.75, 3.05) is 12.3 Å². The quantitative estimate of drug-likeness (QED) is 0.416. The van der Waals surface area contributed by atoms with Gasteiger partial charge in [-0.05, 0) is 25.1 Å². The number of rotatable bonds is 8. The second-order valence-electron chi connectivity index (χ2n) is 3.06. The number of aliphatic carboxylic acids is 1. The molecule has 78 valence electrons. The molecule has 0 aliphatic rings. The Morgan fingerprint density at radius 3 is 2.69 bits per heavy atom. The fraction of sp³-hybridized carbons (Fsp3) is 0.889. The van der Waals surface area contributed by atoms with Gasteiger partial charge in [0.1, 0.15) is 6.04 Å². The molecule has 0 aromatic heterocycles. The van der Waals surface area contributed by atoms with E-state index in [0.717, 1.165) is 25.8 Å². The minimum Gasteiger partial charge on any atom is -0.480 e. The zero-order valence-corrected chi connectivity index (χ0v) is 9.02. The summed E-state index contributed by atoms with van der Waals surface area (Å²) in [5, 5.41) is 11.8. The van der Waals surface area contributed by atoms with Crippen molar-refractivity contribution in [2.24, 2.45) is 0 Å². The summed E-state index contributed by atoms with van der Waals surface area (Å²) in [7, 11) is 0. The van der Waals surface area contributed by atoms with Gasteiger partial charge in [-0.15, -0.1) is 0 Å². The monoisotopic (exact) mass is 205 g/mol. The molecule has 13 heavy (non-hydrogen) atoms. The van der Waals surface area contributed by atoms with Gasteiger partial charge in [0.05, 0.1) is 0 Å². The Bertz CT molecular complexity index is 142. The highest BCUT2D eigenvalue weighted by molar-refractivity contribution is 7.80. The molecule has 0 saturated carbocycles. The van der Waals surface area contributed by atoms with Crippen LogP contribution in [0.25, 0.3) is 0 Å². The van der Waals surface area contributed by atoms with Crippen LogP contribution in [0.2, 0.25) is 0 Å². The molecule has 0 fully saturated rings. The van der Waals surface area contributed by atoms with Crippen molar-refractivity contribution in [1.82, 2.24) is 5.32 Å². The summed E-state index contributed by atoms with van der Waals surface area (Å²) in [4.78, 5) is 10.7. The van der Waals surface area contributed by atoms with E-state index in [1.807, 2.05) is 0 Å². The summed E-state index contributed by atoms with van der Waals surface area (Å²) in [6.45, 7) is 2.92. The topological polar surface area (TPSA) is 49.3 Å². The average Bonchev–Trinajstić information content (AvgIpc) is 2.10. The number of thiol groups is 1. The van der Waals surface area contributed by atoms with Gasteiger partial charge in [-0.25, -0.2) is 0 Å². The van der Waals surface area contributed by atoms with Crippen molar-refractivity contribution >= 4 is 18.6 Å². The zero-order valence-electron chi connectivity index (χ0n) is 8.12. The van der Waals surface area contributed by atoms with E-state index in [2.05, 4.69) is 24.9 Å². The third kappa shape index (κ3) is 6.90. The van der Waals surface area contributed by atoms with E-state index in [1.54, 1.807) is 0 Å². The Balaban J connectivity index is 3.51. The molecule has 0 aliphatic heterocycles.